The Morgan fingerprint density at radius 3 is 2.28 bits per heavy atom. The summed E-state index contributed by atoms with van der Waals surface area (Å²) in [6.45, 7) is 1.56. The summed E-state index contributed by atoms with van der Waals surface area (Å²) in [7, 11) is 0. The SMILES string of the molecule is CCOC(=O)c1ccc(NC(=O)Cn2c3c(sc2=O)C(c2ccc(Cl)cc2)C2C(=O)N(c4ccc([N+](=O)[O-])cc4)C(=O)C2S3)cc1. The lowest BCUT2D eigenvalue weighted by Crippen LogP contribution is -2.33. The number of fused-ring (bicyclic) bond motifs is 2. The van der Waals surface area contributed by atoms with Gasteiger partial charge >= 0.3 is 10.8 Å². The molecule has 1 saturated heterocycles. The molecule has 3 aromatic carbocycles. The van der Waals surface area contributed by atoms with Gasteiger partial charge in [0.25, 0.3) is 5.69 Å². The number of esters is 1. The molecule has 0 aliphatic carbocycles. The third-order valence-electron chi connectivity index (χ3n) is 7.58. The second kappa shape index (κ2) is 12.5. The summed E-state index contributed by atoms with van der Waals surface area (Å²) in [4.78, 5) is 77.9. The van der Waals surface area contributed by atoms with E-state index < -0.39 is 50.6 Å². The molecule has 3 unspecified atom stereocenters. The van der Waals surface area contributed by atoms with E-state index in [2.05, 4.69) is 5.32 Å². The van der Waals surface area contributed by atoms with Gasteiger partial charge < -0.3 is 10.1 Å². The average Bonchev–Trinajstić information content (AvgIpc) is 3.48. The number of rotatable bonds is 8. The second-order valence-electron chi connectivity index (χ2n) is 10.3. The van der Waals surface area contributed by atoms with Crippen molar-refractivity contribution in [1.82, 2.24) is 4.57 Å². The number of nitrogens with zero attached hydrogens (tertiary/aromatic N) is 3. The van der Waals surface area contributed by atoms with Crippen molar-refractivity contribution in [3.8, 4) is 0 Å². The predicted octanol–water partition coefficient (Wildman–Crippen LogP) is 5.08. The van der Waals surface area contributed by atoms with Crippen LogP contribution in [0.3, 0.4) is 0 Å². The highest BCUT2D eigenvalue weighted by molar-refractivity contribution is 8.00. The zero-order chi connectivity index (χ0) is 32.7. The number of benzene rings is 3. The van der Waals surface area contributed by atoms with Crippen LogP contribution in [0.2, 0.25) is 5.02 Å². The van der Waals surface area contributed by atoms with Crippen LogP contribution in [0, 0.1) is 16.0 Å². The average molecular weight is 679 g/mol. The second-order valence-corrected chi connectivity index (χ2v) is 12.9. The minimum Gasteiger partial charge on any atom is -0.462 e. The highest BCUT2D eigenvalue weighted by atomic mass is 35.5. The van der Waals surface area contributed by atoms with Gasteiger partial charge in [-0.15, -0.1) is 0 Å². The molecule has 46 heavy (non-hydrogen) atoms. The molecule has 2 aliphatic heterocycles. The molecule has 3 amide bonds. The Bertz CT molecular complexity index is 1940. The first-order valence-electron chi connectivity index (χ1n) is 13.9. The molecule has 6 rings (SSSR count). The molecule has 0 bridgehead atoms. The molecule has 2 aliphatic rings. The Balaban J connectivity index is 1.33. The van der Waals surface area contributed by atoms with E-state index in [9.17, 15) is 34.1 Å². The number of carbonyl (C=O) groups excluding carboxylic acids is 4. The molecule has 0 radical (unpaired) electrons. The van der Waals surface area contributed by atoms with E-state index in [1.807, 2.05) is 0 Å². The molecule has 12 nitrogen and oxygen atoms in total. The number of anilines is 2. The fourth-order valence-electron chi connectivity index (χ4n) is 5.51. The fraction of sp³-hybridized carbons (Fsp3) is 0.194. The number of thioether (sulfide) groups is 1. The van der Waals surface area contributed by atoms with Crippen LogP contribution >= 0.6 is 34.7 Å². The van der Waals surface area contributed by atoms with Gasteiger partial charge in [-0.25, -0.2) is 9.69 Å². The van der Waals surface area contributed by atoms with Crippen molar-refractivity contribution >= 4 is 75.5 Å². The van der Waals surface area contributed by atoms with E-state index in [-0.39, 0.29) is 24.5 Å². The summed E-state index contributed by atoms with van der Waals surface area (Å²) in [5.74, 6) is -3.63. The number of halogens is 1. The molecule has 3 heterocycles. The quantitative estimate of drug-likeness (QED) is 0.116. The lowest BCUT2D eigenvalue weighted by Gasteiger charge is -2.30. The fourth-order valence-corrected chi connectivity index (χ4v) is 8.41. The highest BCUT2D eigenvalue weighted by Crippen LogP contribution is 2.54. The van der Waals surface area contributed by atoms with Crippen LogP contribution < -0.4 is 15.1 Å². The summed E-state index contributed by atoms with van der Waals surface area (Å²) in [5, 5.41) is 13.8. The van der Waals surface area contributed by atoms with Crippen molar-refractivity contribution < 1.29 is 28.8 Å². The van der Waals surface area contributed by atoms with E-state index >= 15 is 0 Å². The molecule has 0 spiro atoms. The lowest BCUT2D eigenvalue weighted by molar-refractivity contribution is -0.384. The number of imide groups is 1. The predicted molar refractivity (Wildman–Crippen MR) is 172 cm³/mol. The number of hydrogen-bond acceptors (Lipinski definition) is 10. The molecule has 0 saturated carbocycles. The van der Waals surface area contributed by atoms with Gasteiger partial charge in [0.1, 0.15) is 11.8 Å². The van der Waals surface area contributed by atoms with Gasteiger partial charge in [0, 0.05) is 33.6 Å². The van der Waals surface area contributed by atoms with Crippen LogP contribution in [-0.2, 0) is 25.7 Å². The minimum atomic E-state index is -0.936. The van der Waals surface area contributed by atoms with Gasteiger partial charge in [0.2, 0.25) is 17.7 Å². The normalized spacial score (nSPS) is 18.6. The van der Waals surface area contributed by atoms with Crippen molar-refractivity contribution in [2.45, 2.75) is 29.7 Å². The van der Waals surface area contributed by atoms with E-state index in [0.29, 0.717) is 31.7 Å². The maximum absolute atomic E-state index is 14.0. The molecule has 3 atom stereocenters. The molecule has 1 N–H and O–H groups in total. The summed E-state index contributed by atoms with van der Waals surface area (Å²) < 4.78 is 6.27. The van der Waals surface area contributed by atoms with Crippen molar-refractivity contribution in [3.63, 3.8) is 0 Å². The lowest BCUT2D eigenvalue weighted by atomic mass is 9.83. The monoisotopic (exact) mass is 678 g/mol. The van der Waals surface area contributed by atoms with Gasteiger partial charge in [-0.2, -0.15) is 0 Å². The summed E-state index contributed by atoms with van der Waals surface area (Å²) in [6.07, 6.45) is 0. The van der Waals surface area contributed by atoms with Crippen LogP contribution in [-0.4, -0.2) is 45.0 Å². The van der Waals surface area contributed by atoms with Crippen molar-refractivity contribution in [2.75, 3.05) is 16.8 Å². The van der Waals surface area contributed by atoms with Gasteiger partial charge in [-0.1, -0.05) is 46.8 Å². The maximum atomic E-state index is 14.0. The number of aromatic nitrogens is 1. The van der Waals surface area contributed by atoms with Gasteiger partial charge in [0.05, 0.1) is 33.7 Å². The van der Waals surface area contributed by atoms with Crippen LogP contribution in [0.4, 0.5) is 17.1 Å². The van der Waals surface area contributed by atoms with Gasteiger partial charge in [0.15, 0.2) is 0 Å². The molecular weight excluding hydrogens is 656 g/mol. The number of nitrogens with one attached hydrogen (secondary N) is 1. The standard InChI is InChI=1S/C31H23ClN4O8S2/c1-2-44-30(40)17-5-9-19(10-6-17)33-22(37)15-34-29-26(46-31(34)41)23(16-3-7-18(32)8-4-16)24-25(45-29)28(39)35(27(24)38)20-11-13-21(14-12-20)36(42)43/h3-14,23-25H,2,15H2,1H3,(H,33,37). The van der Waals surface area contributed by atoms with Crippen molar-refractivity contribution in [2.24, 2.45) is 5.92 Å². The maximum Gasteiger partial charge on any atom is 0.338 e. The Labute approximate surface area is 274 Å². The topological polar surface area (TPSA) is 158 Å². The number of amides is 3. The highest BCUT2D eigenvalue weighted by Gasteiger charge is 2.56. The number of thiazole rings is 1. The van der Waals surface area contributed by atoms with E-state index in [1.165, 1.54) is 41.0 Å². The minimum absolute atomic E-state index is 0.187. The van der Waals surface area contributed by atoms with E-state index in [4.69, 9.17) is 16.3 Å². The molecule has 4 aromatic rings. The zero-order valence-corrected chi connectivity index (χ0v) is 26.3. The number of ether oxygens (including phenoxy) is 1. The van der Waals surface area contributed by atoms with Crippen LogP contribution in [0.5, 0.6) is 0 Å². The first-order chi connectivity index (χ1) is 22.1. The zero-order valence-electron chi connectivity index (χ0n) is 23.9. The van der Waals surface area contributed by atoms with Crippen molar-refractivity contribution in [3.05, 3.63) is 114 Å². The first kappa shape index (κ1) is 31.2. The van der Waals surface area contributed by atoms with E-state index in [0.717, 1.165) is 28.0 Å². The molecule has 234 valence electrons. The smallest absolute Gasteiger partial charge is 0.338 e. The summed E-state index contributed by atoms with van der Waals surface area (Å²) >= 11 is 8.09. The molecule has 1 fully saturated rings. The number of carbonyl (C=O) groups is 4. The van der Waals surface area contributed by atoms with Gasteiger partial charge in [-0.3, -0.25) is 33.9 Å². The largest absolute Gasteiger partial charge is 0.462 e. The molecule has 15 heteroatoms. The number of hydrogen-bond donors (Lipinski definition) is 1. The summed E-state index contributed by atoms with van der Waals surface area (Å²) in [5.41, 5.74) is 1.39. The Kier molecular flexibility index (Phi) is 8.51. The van der Waals surface area contributed by atoms with E-state index in [1.54, 1.807) is 43.3 Å². The molecule has 1 aromatic heterocycles. The van der Waals surface area contributed by atoms with Crippen LogP contribution in [0.1, 0.15) is 33.6 Å². The number of nitro benzene ring substituents is 1. The third-order valence-corrected chi connectivity index (χ3v) is 10.4. The Morgan fingerprint density at radius 1 is 0.978 bits per heavy atom. The first-order valence-corrected chi connectivity index (χ1v) is 16.0. The Hall–Kier alpha value is -4.79. The third kappa shape index (κ3) is 5.70. The molecular formula is C31H23ClN4O8S2. The Morgan fingerprint density at radius 2 is 1.65 bits per heavy atom. The number of nitro groups is 1. The van der Waals surface area contributed by atoms with Gasteiger partial charge in [-0.05, 0) is 61.0 Å². The summed E-state index contributed by atoms with van der Waals surface area (Å²) in [6, 6.07) is 18.0. The van der Waals surface area contributed by atoms with Crippen molar-refractivity contribution in [1.29, 1.82) is 0 Å². The van der Waals surface area contributed by atoms with Crippen LogP contribution in [0.15, 0.2) is 82.6 Å². The van der Waals surface area contributed by atoms with Crippen LogP contribution in [0.25, 0.3) is 0 Å². The number of non-ortho nitro benzene ring substituents is 1.